The first-order valence-corrected chi connectivity index (χ1v) is 13.9. The number of rotatable bonds is 19. The number of ether oxygens (including phenoxy) is 4. The summed E-state index contributed by atoms with van der Waals surface area (Å²) in [5.41, 5.74) is 0.836. The van der Waals surface area contributed by atoms with Gasteiger partial charge in [-0.25, -0.2) is 13.1 Å². The Bertz CT molecular complexity index is 722. The largest absolute Gasteiger partial charge is 0.378 e. The first-order valence-electron chi connectivity index (χ1n) is 11.5. The minimum atomic E-state index is -2.86. The summed E-state index contributed by atoms with van der Waals surface area (Å²) in [4.78, 5) is 2.09. The van der Waals surface area contributed by atoms with Crippen LogP contribution in [0.5, 0.6) is 0 Å². The van der Waals surface area contributed by atoms with Crippen LogP contribution in [-0.2, 0) is 41.9 Å². The molecule has 0 bridgehead atoms. The van der Waals surface area contributed by atoms with Crippen molar-refractivity contribution in [2.45, 2.75) is 26.1 Å². The molecule has 0 spiro atoms. The maximum absolute atomic E-state index is 11.5. The van der Waals surface area contributed by atoms with Gasteiger partial charge < -0.3 is 24.3 Å². The Kier molecular flexibility index (Phi) is 14.4. The van der Waals surface area contributed by atoms with Crippen molar-refractivity contribution in [1.82, 2.24) is 25.2 Å². The van der Waals surface area contributed by atoms with Crippen molar-refractivity contribution < 1.29 is 27.4 Å². The zero-order valence-corrected chi connectivity index (χ0v) is 21.3. The van der Waals surface area contributed by atoms with E-state index >= 15 is 0 Å². The Morgan fingerprint density at radius 2 is 1.58 bits per heavy atom. The van der Waals surface area contributed by atoms with Crippen LogP contribution in [0.25, 0.3) is 0 Å². The molecule has 1 N–H and O–H groups in total. The zero-order chi connectivity index (χ0) is 23.8. The Morgan fingerprint density at radius 3 is 2.18 bits per heavy atom. The minimum Gasteiger partial charge on any atom is -0.378 e. The fourth-order valence-corrected chi connectivity index (χ4v) is 4.43. The lowest BCUT2D eigenvalue weighted by molar-refractivity contribution is -0.00251. The molecule has 1 fully saturated rings. The third-order valence-electron chi connectivity index (χ3n) is 5.00. The highest BCUT2D eigenvalue weighted by Gasteiger charge is 2.22. The van der Waals surface area contributed by atoms with Gasteiger partial charge in [0.05, 0.1) is 76.6 Å². The zero-order valence-electron chi connectivity index (χ0n) is 19.6. The molecule has 0 aliphatic carbocycles. The summed E-state index contributed by atoms with van der Waals surface area (Å²) < 4.78 is 46.7. The van der Waals surface area contributed by atoms with Gasteiger partial charge in [-0.15, -0.1) is 5.10 Å². The number of thiol groups is 1. The smallest absolute Gasteiger partial charge is 0.152 e. The number of sulfone groups is 1. The summed E-state index contributed by atoms with van der Waals surface area (Å²) in [7, 11) is -2.86. The Morgan fingerprint density at radius 1 is 1.00 bits per heavy atom. The molecule has 0 radical (unpaired) electrons. The lowest BCUT2D eigenvalue weighted by atomic mass is 10.4. The van der Waals surface area contributed by atoms with E-state index < -0.39 is 9.84 Å². The normalized spacial score (nSPS) is 17.4. The van der Waals surface area contributed by atoms with Gasteiger partial charge in [-0.05, 0) is 6.92 Å². The highest BCUT2D eigenvalue weighted by Crippen LogP contribution is 2.07. The van der Waals surface area contributed by atoms with Crippen LogP contribution in [-0.4, -0.2) is 124 Å². The summed E-state index contributed by atoms with van der Waals surface area (Å²) >= 11 is 4.21. The van der Waals surface area contributed by atoms with Crippen LogP contribution in [0.4, 0.5) is 0 Å². The van der Waals surface area contributed by atoms with Crippen molar-refractivity contribution in [3.63, 3.8) is 0 Å². The van der Waals surface area contributed by atoms with Gasteiger partial charge in [0, 0.05) is 44.2 Å². The fourth-order valence-electron chi connectivity index (χ4n) is 3.02. The maximum atomic E-state index is 11.5. The van der Waals surface area contributed by atoms with E-state index in [1.165, 1.54) is 0 Å². The number of hydrogen-bond donors (Lipinski definition) is 2. The van der Waals surface area contributed by atoms with Crippen molar-refractivity contribution in [3.8, 4) is 0 Å². The van der Waals surface area contributed by atoms with Crippen molar-refractivity contribution >= 4 is 22.5 Å². The summed E-state index contributed by atoms with van der Waals surface area (Å²) in [6.07, 6.45) is 1.88. The molecular formula is C20H39N5O6S2. The summed E-state index contributed by atoms with van der Waals surface area (Å²) in [5.74, 6) is 1.24. The van der Waals surface area contributed by atoms with Crippen molar-refractivity contribution in [2.75, 3.05) is 89.7 Å². The van der Waals surface area contributed by atoms with Gasteiger partial charge in [-0.1, -0.05) is 5.21 Å². The van der Waals surface area contributed by atoms with E-state index in [0.29, 0.717) is 85.1 Å². The third-order valence-corrected chi connectivity index (χ3v) is 7.16. The minimum absolute atomic E-state index is 0.214. The van der Waals surface area contributed by atoms with E-state index in [2.05, 4.69) is 40.1 Å². The molecule has 1 aromatic heterocycles. The molecule has 1 aliphatic rings. The van der Waals surface area contributed by atoms with E-state index in [1.54, 1.807) is 4.68 Å². The number of aromatic nitrogens is 3. The molecule has 1 unspecified atom stereocenters. The van der Waals surface area contributed by atoms with Crippen molar-refractivity contribution in [3.05, 3.63) is 11.9 Å². The predicted molar refractivity (Wildman–Crippen MR) is 129 cm³/mol. The predicted octanol–water partition coefficient (Wildman–Crippen LogP) is -0.517. The average molecular weight is 510 g/mol. The Hall–Kier alpha value is -0.800. The topological polar surface area (TPSA) is 117 Å². The molecule has 2 heterocycles. The Labute approximate surface area is 202 Å². The van der Waals surface area contributed by atoms with E-state index in [4.69, 9.17) is 18.9 Å². The van der Waals surface area contributed by atoms with Crippen LogP contribution in [0.1, 0.15) is 12.6 Å². The molecule has 192 valence electrons. The highest BCUT2D eigenvalue weighted by atomic mass is 32.2. The fraction of sp³-hybridized carbons (Fsp3) is 0.900. The van der Waals surface area contributed by atoms with Gasteiger partial charge in [0.2, 0.25) is 0 Å². The standard InChI is InChI=1S/C20H39N5O6S2/c1-19(18-32)21-2-6-28-8-10-30-12-13-31-11-9-29-7-3-25-17-20(22-23-25)16-24-4-14-33(26,27)15-5-24/h17,19,21,32H,2-16,18H2,1H3. The van der Waals surface area contributed by atoms with Gasteiger partial charge in [0.1, 0.15) is 0 Å². The molecule has 1 aromatic rings. The summed E-state index contributed by atoms with van der Waals surface area (Å²) in [5, 5.41) is 11.6. The van der Waals surface area contributed by atoms with Crippen LogP contribution in [0.15, 0.2) is 6.20 Å². The van der Waals surface area contributed by atoms with Gasteiger partial charge >= 0.3 is 0 Å². The van der Waals surface area contributed by atoms with Crippen LogP contribution < -0.4 is 5.32 Å². The molecule has 0 aromatic carbocycles. The molecule has 11 nitrogen and oxygen atoms in total. The lowest BCUT2D eigenvalue weighted by Crippen LogP contribution is -2.39. The molecule has 2 rings (SSSR count). The maximum Gasteiger partial charge on any atom is 0.152 e. The van der Waals surface area contributed by atoms with Crippen LogP contribution >= 0.6 is 12.6 Å². The monoisotopic (exact) mass is 509 g/mol. The Balaban J connectivity index is 1.35. The highest BCUT2D eigenvalue weighted by molar-refractivity contribution is 7.91. The quantitative estimate of drug-likeness (QED) is 0.186. The van der Waals surface area contributed by atoms with E-state index in [1.807, 2.05) is 6.20 Å². The average Bonchev–Trinajstić information content (AvgIpc) is 3.24. The molecule has 1 atom stereocenters. The van der Waals surface area contributed by atoms with E-state index in [-0.39, 0.29) is 11.5 Å². The molecule has 33 heavy (non-hydrogen) atoms. The van der Waals surface area contributed by atoms with E-state index in [0.717, 1.165) is 18.0 Å². The lowest BCUT2D eigenvalue weighted by Gasteiger charge is -2.25. The van der Waals surface area contributed by atoms with Crippen LogP contribution in [0.2, 0.25) is 0 Å². The molecule has 13 heteroatoms. The van der Waals surface area contributed by atoms with Crippen molar-refractivity contribution in [2.24, 2.45) is 0 Å². The van der Waals surface area contributed by atoms with Crippen molar-refractivity contribution in [1.29, 1.82) is 0 Å². The second-order valence-corrected chi connectivity index (χ2v) is 10.6. The molecule has 0 saturated carbocycles. The van der Waals surface area contributed by atoms with Gasteiger partial charge in [0.15, 0.2) is 9.84 Å². The second kappa shape index (κ2) is 16.8. The number of hydrogen-bond acceptors (Lipinski definition) is 11. The summed E-state index contributed by atoms with van der Waals surface area (Å²) in [6.45, 7) is 9.59. The van der Waals surface area contributed by atoms with Gasteiger partial charge in [-0.3, -0.25) is 4.90 Å². The van der Waals surface area contributed by atoms with E-state index in [9.17, 15) is 8.42 Å². The van der Waals surface area contributed by atoms with Gasteiger partial charge in [-0.2, -0.15) is 12.6 Å². The van der Waals surface area contributed by atoms with Gasteiger partial charge in [0.25, 0.3) is 0 Å². The third kappa shape index (κ3) is 13.6. The van der Waals surface area contributed by atoms with Crippen LogP contribution in [0.3, 0.4) is 0 Å². The number of nitrogens with zero attached hydrogens (tertiary/aromatic N) is 4. The van der Waals surface area contributed by atoms with Crippen LogP contribution in [0, 0.1) is 0 Å². The SMILES string of the molecule is CC(CS)NCCOCCOCCOCCOCCn1cc(CN2CCS(=O)(=O)CC2)nn1. The molecular weight excluding hydrogens is 470 g/mol. The number of nitrogens with one attached hydrogen (secondary N) is 1. The first-order chi connectivity index (χ1) is 16.0. The molecule has 0 amide bonds. The molecule has 1 aliphatic heterocycles. The second-order valence-electron chi connectivity index (χ2n) is 7.89. The summed E-state index contributed by atoms with van der Waals surface area (Å²) in [6, 6.07) is 0.394. The first kappa shape index (κ1) is 28.4. The molecule has 1 saturated heterocycles.